The standard InChI is InChI=1S/C11H9ClN2/c12-9-6-10(11(13)14-7-9)8-4-2-1-3-5-8/h1-7H,(H2,13,14). The summed E-state index contributed by atoms with van der Waals surface area (Å²) in [6.45, 7) is 0. The van der Waals surface area contributed by atoms with Crippen LogP contribution >= 0.6 is 11.6 Å². The molecule has 2 rings (SSSR count). The Bertz CT molecular complexity index is 440. The summed E-state index contributed by atoms with van der Waals surface area (Å²) in [6, 6.07) is 11.6. The molecule has 0 unspecified atom stereocenters. The van der Waals surface area contributed by atoms with E-state index in [1.54, 1.807) is 6.20 Å². The van der Waals surface area contributed by atoms with Gasteiger partial charge in [-0.15, -0.1) is 0 Å². The van der Waals surface area contributed by atoms with Crippen LogP contribution in [0.4, 0.5) is 5.82 Å². The van der Waals surface area contributed by atoms with Gasteiger partial charge in [0.2, 0.25) is 0 Å². The van der Waals surface area contributed by atoms with Crippen LogP contribution in [0.2, 0.25) is 5.02 Å². The van der Waals surface area contributed by atoms with Crippen LogP contribution in [0.25, 0.3) is 11.1 Å². The Labute approximate surface area is 87.4 Å². The smallest absolute Gasteiger partial charge is 0.131 e. The molecule has 0 radical (unpaired) electrons. The maximum Gasteiger partial charge on any atom is 0.131 e. The summed E-state index contributed by atoms with van der Waals surface area (Å²) in [5.41, 5.74) is 7.65. The normalized spacial score (nSPS) is 10.1. The Balaban J connectivity index is 2.57. The number of halogens is 1. The molecule has 0 spiro atoms. The second kappa shape index (κ2) is 3.68. The molecule has 2 aromatic rings. The number of rotatable bonds is 1. The van der Waals surface area contributed by atoms with Crippen molar-refractivity contribution in [1.29, 1.82) is 0 Å². The Kier molecular flexibility index (Phi) is 2.37. The van der Waals surface area contributed by atoms with Gasteiger partial charge in [-0.1, -0.05) is 41.9 Å². The second-order valence-electron chi connectivity index (χ2n) is 2.95. The molecule has 1 aromatic carbocycles. The molecule has 1 heterocycles. The summed E-state index contributed by atoms with van der Waals surface area (Å²) < 4.78 is 0. The average molecular weight is 205 g/mol. The van der Waals surface area contributed by atoms with Crippen LogP contribution in [0.5, 0.6) is 0 Å². The SMILES string of the molecule is Nc1ncc(Cl)cc1-c1ccccc1. The Morgan fingerprint density at radius 3 is 2.57 bits per heavy atom. The first kappa shape index (κ1) is 9.03. The van der Waals surface area contributed by atoms with Crippen LogP contribution in [0.3, 0.4) is 0 Å². The number of nitrogens with zero attached hydrogens (tertiary/aromatic N) is 1. The van der Waals surface area contributed by atoms with Crippen molar-refractivity contribution in [3.05, 3.63) is 47.6 Å². The largest absolute Gasteiger partial charge is 0.383 e. The molecule has 70 valence electrons. The summed E-state index contributed by atoms with van der Waals surface area (Å²) in [5.74, 6) is 0.501. The van der Waals surface area contributed by atoms with Gasteiger partial charge in [-0.3, -0.25) is 0 Å². The van der Waals surface area contributed by atoms with Gasteiger partial charge in [-0.2, -0.15) is 0 Å². The third-order valence-electron chi connectivity index (χ3n) is 1.97. The molecule has 14 heavy (non-hydrogen) atoms. The average Bonchev–Trinajstić information content (AvgIpc) is 2.23. The van der Waals surface area contributed by atoms with Gasteiger partial charge in [0.1, 0.15) is 5.82 Å². The fourth-order valence-corrected chi connectivity index (χ4v) is 1.46. The third-order valence-corrected chi connectivity index (χ3v) is 2.18. The Morgan fingerprint density at radius 2 is 1.86 bits per heavy atom. The fourth-order valence-electron chi connectivity index (χ4n) is 1.30. The summed E-state index contributed by atoms with van der Waals surface area (Å²) in [6.07, 6.45) is 1.54. The first-order chi connectivity index (χ1) is 6.77. The van der Waals surface area contributed by atoms with Crippen molar-refractivity contribution in [2.45, 2.75) is 0 Å². The zero-order valence-corrected chi connectivity index (χ0v) is 8.20. The topological polar surface area (TPSA) is 38.9 Å². The predicted molar refractivity (Wildman–Crippen MR) is 59.1 cm³/mol. The minimum absolute atomic E-state index is 0.501. The van der Waals surface area contributed by atoms with E-state index in [4.69, 9.17) is 17.3 Å². The molecule has 1 aromatic heterocycles. The zero-order valence-electron chi connectivity index (χ0n) is 7.44. The highest BCUT2D eigenvalue weighted by atomic mass is 35.5. The van der Waals surface area contributed by atoms with Crippen LogP contribution in [-0.4, -0.2) is 4.98 Å². The highest BCUT2D eigenvalue weighted by Crippen LogP contribution is 2.26. The van der Waals surface area contributed by atoms with Crippen LogP contribution in [0.15, 0.2) is 42.6 Å². The van der Waals surface area contributed by atoms with Crippen molar-refractivity contribution >= 4 is 17.4 Å². The summed E-state index contributed by atoms with van der Waals surface area (Å²) in [5, 5.41) is 0.595. The minimum atomic E-state index is 0.501. The molecule has 0 bridgehead atoms. The Hall–Kier alpha value is -1.54. The summed E-state index contributed by atoms with van der Waals surface area (Å²) >= 11 is 5.85. The highest BCUT2D eigenvalue weighted by molar-refractivity contribution is 6.30. The molecule has 0 atom stereocenters. The highest BCUT2D eigenvalue weighted by Gasteiger charge is 2.03. The van der Waals surface area contributed by atoms with Gasteiger partial charge in [-0.25, -0.2) is 4.98 Å². The molecule has 0 amide bonds. The van der Waals surface area contributed by atoms with Crippen molar-refractivity contribution in [1.82, 2.24) is 4.98 Å². The molecule has 0 fully saturated rings. The van der Waals surface area contributed by atoms with E-state index in [0.717, 1.165) is 11.1 Å². The zero-order chi connectivity index (χ0) is 9.97. The summed E-state index contributed by atoms with van der Waals surface area (Å²) in [7, 11) is 0. The molecule has 3 heteroatoms. The van der Waals surface area contributed by atoms with Crippen LogP contribution in [0, 0.1) is 0 Å². The van der Waals surface area contributed by atoms with Gasteiger partial charge in [-0.05, 0) is 11.6 Å². The van der Waals surface area contributed by atoms with E-state index in [0.29, 0.717) is 10.8 Å². The van der Waals surface area contributed by atoms with E-state index in [1.807, 2.05) is 36.4 Å². The first-order valence-electron chi connectivity index (χ1n) is 4.24. The van der Waals surface area contributed by atoms with E-state index >= 15 is 0 Å². The van der Waals surface area contributed by atoms with E-state index in [9.17, 15) is 0 Å². The van der Waals surface area contributed by atoms with Gasteiger partial charge < -0.3 is 5.73 Å². The monoisotopic (exact) mass is 204 g/mol. The van der Waals surface area contributed by atoms with Crippen LogP contribution in [-0.2, 0) is 0 Å². The third kappa shape index (κ3) is 1.70. The van der Waals surface area contributed by atoms with Gasteiger partial charge in [0.25, 0.3) is 0 Å². The molecule has 0 aliphatic heterocycles. The molecule has 0 saturated carbocycles. The van der Waals surface area contributed by atoms with Crippen LogP contribution < -0.4 is 5.73 Å². The van der Waals surface area contributed by atoms with Crippen molar-refractivity contribution in [3.63, 3.8) is 0 Å². The van der Waals surface area contributed by atoms with Crippen molar-refractivity contribution in [2.24, 2.45) is 0 Å². The number of nitrogens with two attached hydrogens (primary N) is 1. The second-order valence-corrected chi connectivity index (χ2v) is 3.39. The van der Waals surface area contributed by atoms with E-state index in [2.05, 4.69) is 4.98 Å². The number of benzene rings is 1. The van der Waals surface area contributed by atoms with Crippen molar-refractivity contribution in [2.75, 3.05) is 5.73 Å². The minimum Gasteiger partial charge on any atom is -0.383 e. The molecule has 0 saturated heterocycles. The lowest BCUT2D eigenvalue weighted by Crippen LogP contribution is -1.93. The molecular formula is C11H9ClN2. The van der Waals surface area contributed by atoms with E-state index in [1.165, 1.54) is 0 Å². The van der Waals surface area contributed by atoms with E-state index in [-0.39, 0.29) is 0 Å². The number of aromatic nitrogens is 1. The van der Waals surface area contributed by atoms with Gasteiger partial charge in [0.05, 0.1) is 5.02 Å². The molecule has 0 aliphatic rings. The maximum atomic E-state index is 5.85. The molecular weight excluding hydrogens is 196 g/mol. The lowest BCUT2D eigenvalue weighted by atomic mass is 10.1. The predicted octanol–water partition coefficient (Wildman–Crippen LogP) is 2.98. The fraction of sp³-hybridized carbons (Fsp3) is 0. The number of hydrogen-bond donors (Lipinski definition) is 1. The Morgan fingerprint density at radius 1 is 1.14 bits per heavy atom. The van der Waals surface area contributed by atoms with E-state index < -0.39 is 0 Å². The van der Waals surface area contributed by atoms with Gasteiger partial charge >= 0.3 is 0 Å². The first-order valence-corrected chi connectivity index (χ1v) is 4.61. The lowest BCUT2D eigenvalue weighted by Gasteiger charge is -2.04. The number of anilines is 1. The quantitative estimate of drug-likeness (QED) is 0.776. The number of hydrogen-bond acceptors (Lipinski definition) is 2. The van der Waals surface area contributed by atoms with Crippen LogP contribution in [0.1, 0.15) is 0 Å². The van der Waals surface area contributed by atoms with Crippen molar-refractivity contribution in [3.8, 4) is 11.1 Å². The van der Waals surface area contributed by atoms with Crippen molar-refractivity contribution < 1.29 is 0 Å². The molecule has 2 N–H and O–H groups in total. The lowest BCUT2D eigenvalue weighted by molar-refractivity contribution is 1.34. The van der Waals surface area contributed by atoms with Gasteiger partial charge in [0.15, 0.2) is 0 Å². The molecule has 0 aliphatic carbocycles. The summed E-state index contributed by atoms with van der Waals surface area (Å²) in [4.78, 5) is 4.00. The maximum absolute atomic E-state index is 5.85. The number of pyridine rings is 1. The number of nitrogen functional groups attached to an aromatic ring is 1. The van der Waals surface area contributed by atoms with Gasteiger partial charge in [0, 0.05) is 11.8 Å². The molecule has 2 nitrogen and oxygen atoms in total.